The van der Waals surface area contributed by atoms with Gasteiger partial charge in [0.2, 0.25) is 0 Å². The maximum absolute atomic E-state index is 11.8. The summed E-state index contributed by atoms with van der Waals surface area (Å²) in [6, 6.07) is 4.38. The number of carbonyl (C=O) groups is 1. The Labute approximate surface area is 120 Å². The first-order valence-electron chi connectivity index (χ1n) is 5.38. The van der Waals surface area contributed by atoms with Gasteiger partial charge in [0.1, 0.15) is 5.69 Å². The summed E-state index contributed by atoms with van der Waals surface area (Å²) in [4.78, 5) is 30.2. The number of thiazole rings is 2. The highest BCUT2D eigenvalue weighted by atomic mass is 32.1. The van der Waals surface area contributed by atoms with Gasteiger partial charge >= 0.3 is 0 Å². The topological polar surface area (TPSA) is 98.0 Å². The molecule has 0 radical (unpaired) electrons. The number of carbonyl (C=O) groups excluding carboxylic acids is 1. The zero-order chi connectivity index (χ0) is 14.1. The minimum absolute atomic E-state index is 0.00136. The summed E-state index contributed by atoms with van der Waals surface area (Å²) in [6.45, 7) is 0. The SMILES string of the molecule is O=C(Nc1nc2ccc([N+](=O)[O-])cc2s1)c1cscn1. The number of rotatable bonds is 3. The van der Waals surface area contributed by atoms with E-state index in [0.717, 1.165) is 0 Å². The molecule has 0 atom stereocenters. The Morgan fingerprint density at radius 1 is 1.40 bits per heavy atom. The van der Waals surface area contributed by atoms with Crippen molar-refractivity contribution in [2.75, 3.05) is 5.32 Å². The molecule has 20 heavy (non-hydrogen) atoms. The molecule has 1 N–H and O–H groups in total. The number of non-ortho nitro benzene ring substituents is 1. The number of nitrogens with one attached hydrogen (secondary N) is 1. The molecule has 3 aromatic rings. The zero-order valence-corrected chi connectivity index (χ0v) is 11.4. The second-order valence-corrected chi connectivity index (χ2v) is 5.51. The summed E-state index contributed by atoms with van der Waals surface area (Å²) in [5, 5.41) is 15.3. The van der Waals surface area contributed by atoms with Crippen molar-refractivity contribution >= 4 is 49.6 Å². The maximum atomic E-state index is 11.8. The summed E-state index contributed by atoms with van der Waals surface area (Å²) in [5.74, 6) is -0.347. The first-order chi connectivity index (χ1) is 9.63. The Balaban J connectivity index is 1.89. The molecule has 7 nitrogen and oxygen atoms in total. The van der Waals surface area contributed by atoms with Gasteiger partial charge in [0.05, 0.1) is 20.7 Å². The normalized spacial score (nSPS) is 10.6. The van der Waals surface area contributed by atoms with Crippen LogP contribution in [0.1, 0.15) is 10.5 Å². The van der Waals surface area contributed by atoms with Crippen LogP contribution in [0.5, 0.6) is 0 Å². The van der Waals surface area contributed by atoms with Gasteiger partial charge in [0.25, 0.3) is 11.6 Å². The van der Waals surface area contributed by atoms with Gasteiger partial charge in [-0.3, -0.25) is 20.2 Å². The molecule has 0 bridgehead atoms. The van der Waals surface area contributed by atoms with E-state index in [-0.39, 0.29) is 11.6 Å². The molecule has 2 heterocycles. The van der Waals surface area contributed by atoms with Gasteiger partial charge < -0.3 is 0 Å². The molecule has 0 fully saturated rings. The largest absolute Gasteiger partial charge is 0.296 e. The van der Waals surface area contributed by atoms with Gasteiger partial charge in [-0.05, 0) is 6.07 Å². The van der Waals surface area contributed by atoms with Crippen LogP contribution in [-0.4, -0.2) is 20.8 Å². The van der Waals surface area contributed by atoms with Gasteiger partial charge in [0.15, 0.2) is 5.13 Å². The summed E-state index contributed by atoms with van der Waals surface area (Å²) in [5.41, 5.74) is 2.49. The first-order valence-corrected chi connectivity index (χ1v) is 7.14. The van der Waals surface area contributed by atoms with Crippen molar-refractivity contribution < 1.29 is 9.72 Å². The first kappa shape index (κ1) is 12.6. The summed E-state index contributed by atoms with van der Waals surface area (Å²) in [6.07, 6.45) is 0. The van der Waals surface area contributed by atoms with Crippen molar-refractivity contribution in [2.45, 2.75) is 0 Å². The van der Waals surface area contributed by atoms with E-state index < -0.39 is 4.92 Å². The lowest BCUT2D eigenvalue weighted by Gasteiger charge is -1.96. The molecule has 0 unspecified atom stereocenters. The van der Waals surface area contributed by atoms with E-state index in [1.807, 2.05) is 0 Å². The number of nitro benzene ring substituents is 1. The van der Waals surface area contributed by atoms with Crippen molar-refractivity contribution in [3.8, 4) is 0 Å². The standard InChI is InChI=1S/C11H6N4O3S2/c16-10(8-4-19-5-12-8)14-11-13-7-2-1-6(15(17)18)3-9(7)20-11/h1-5H,(H,13,14,16). The predicted octanol–water partition coefficient (Wildman–Crippen LogP) is 2.91. The fraction of sp³-hybridized carbons (Fsp3) is 0. The minimum atomic E-state index is -0.466. The van der Waals surface area contributed by atoms with Crippen LogP contribution in [0, 0.1) is 10.1 Å². The van der Waals surface area contributed by atoms with Crippen molar-refractivity contribution in [1.29, 1.82) is 0 Å². The molecule has 0 saturated carbocycles. The zero-order valence-electron chi connectivity index (χ0n) is 9.77. The lowest BCUT2D eigenvalue weighted by molar-refractivity contribution is -0.384. The molecule has 3 rings (SSSR count). The van der Waals surface area contributed by atoms with Crippen LogP contribution in [0.2, 0.25) is 0 Å². The number of nitrogens with zero attached hydrogens (tertiary/aromatic N) is 3. The quantitative estimate of drug-likeness (QED) is 0.592. The van der Waals surface area contributed by atoms with E-state index in [0.29, 0.717) is 21.0 Å². The van der Waals surface area contributed by atoms with Crippen molar-refractivity contribution in [2.24, 2.45) is 0 Å². The number of hydrogen-bond acceptors (Lipinski definition) is 7. The van der Waals surface area contributed by atoms with Crippen molar-refractivity contribution in [3.63, 3.8) is 0 Å². The minimum Gasteiger partial charge on any atom is -0.296 e. The van der Waals surface area contributed by atoms with Crippen LogP contribution in [0.4, 0.5) is 10.8 Å². The van der Waals surface area contributed by atoms with Gasteiger partial charge in [-0.15, -0.1) is 11.3 Å². The number of amides is 1. The van der Waals surface area contributed by atoms with Crippen molar-refractivity contribution in [1.82, 2.24) is 9.97 Å². The van der Waals surface area contributed by atoms with Crippen molar-refractivity contribution in [3.05, 3.63) is 44.9 Å². The van der Waals surface area contributed by atoms with Crippen LogP contribution in [0.15, 0.2) is 29.1 Å². The summed E-state index contributed by atoms with van der Waals surface area (Å²) in [7, 11) is 0. The summed E-state index contributed by atoms with van der Waals surface area (Å²) >= 11 is 2.51. The fourth-order valence-corrected chi connectivity index (χ4v) is 2.99. The van der Waals surface area contributed by atoms with Crippen LogP contribution >= 0.6 is 22.7 Å². The molecule has 0 spiro atoms. The Hall–Kier alpha value is -2.39. The molecule has 0 aliphatic rings. The second-order valence-electron chi connectivity index (χ2n) is 3.76. The van der Waals surface area contributed by atoms with Gasteiger partial charge in [-0.1, -0.05) is 11.3 Å². The molecule has 0 aliphatic heterocycles. The molecule has 1 amide bonds. The van der Waals surface area contributed by atoms with Crippen LogP contribution in [0.3, 0.4) is 0 Å². The third-order valence-corrected chi connectivity index (χ3v) is 3.99. The highest BCUT2D eigenvalue weighted by Crippen LogP contribution is 2.29. The number of nitro groups is 1. The van der Waals surface area contributed by atoms with E-state index in [2.05, 4.69) is 15.3 Å². The molecular weight excluding hydrogens is 300 g/mol. The molecule has 9 heteroatoms. The van der Waals surface area contributed by atoms with E-state index in [1.165, 1.54) is 34.8 Å². The van der Waals surface area contributed by atoms with E-state index in [4.69, 9.17) is 0 Å². The van der Waals surface area contributed by atoms with E-state index in [9.17, 15) is 14.9 Å². The molecule has 2 aromatic heterocycles. The molecular formula is C11H6N4O3S2. The van der Waals surface area contributed by atoms with Gasteiger partial charge in [-0.2, -0.15) is 0 Å². The number of aromatic nitrogens is 2. The average molecular weight is 306 g/mol. The van der Waals surface area contributed by atoms with Gasteiger partial charge in [0, 0.05) is 17.5 Å². The maximum Gasteiger partial charge on any atom is 0.276 e. The summed E-state index contributed by atoms with van der Waals surface area (Å²) < 4.78 is 0.646. The Morgan fingerprint density at radius 3 is 2.95 bits per heavy atom. The fourth-order valence-electron chi connectivity index (χ4n) is 1.57. The monoisotopic (exact) mass is 306 g/mol. The third-order valence-electron chi connectivity index (χ3n) is 2.47. The van der Waals surface area contributed by atoms with Gasteiger partial charge in [-0.25, -0.2) is 9.97 Å². The second kappa shape index (κ2) is 4.94. The smallest absolute Gasteiger partial charge is 0.276 e. The Bertz CT molecular complexity index is 797. The van der Waals surface area contributed by atoms with E-state index in [1.54, 1.807) is 17.0 Å². The van der Waals surface area contributed by atoms with E-state index >= 15 is 0 Å². The average Bonchev–Trinajstić information content (AvgIpc) is 3.06. The Kier molecular flexibility index (Phi) is 3.12. The lowest BCUT2D eigenvalue weighted by atomic mass is 10.3. The highest BCUT2D eigenvalue weighted by Gasteiger charge is 2.13. The molecule has 100 valence electrons. The number of benzene rings is 1. The Morgan fingerprint density at radius 2 is 2.25 bits per heavy atom. The molecule has 0 aliphatic carbocycles. The molecule has 0 saturated heterocycles. The number of hydrogen-bond donors (Lipinski definition) is 1. The number of fused-ring (bicyclic) bond motifs is 1. The van der Waals surface area contributed by atoms with Crippen LogP contribution in [0.25, 0.3) is 10.2 Å². The van der Waals surface area contributed by atoms with Crippen LogP contribution < -0.4 is 5.32 Å². The number of anilines is 1. The lowest BCUT2D eigenvalue weighted by Crippen LogP contribution is -2.11. The van der Waals surface area contributed by atoms with Crippen LogP contribution in [-0.2, 0) is 0 Å². The predicted molar refractivity (Wildman–Crippen MR) is 76.3 cm³/mol. The highest BCUT2D eigenvalue weighted by molar-refractivity contribution is 7.22. The third kappa shape index (κ3) is 2.36. The molecule has 1 aromatic carbocycles.